The Morgan fingerprint density at radius 3 is 2.32 bits per heavy atom. The number of epoxide rings is 1. The number of rotatable bonds is 3. The molecule has 1 spiro atoms. The molecule has 0 unspecified atom stereocenters. The van der Waals surface area contributed by atoms with Crippen LogP contribution in [-0.4, -0.2) is 52.8 Å². The normalized spacial score (nSPS) is 49.8. The maximum absolute atomic E-state index is 13.2. The molecule has 1 saturated heterocycles. The van der Waals surface area contributed by atoms with Gasteiger partial charge < -0.3 is 23.7 Å². The third kappa shape index (κ3) is 2.76. The molecule has 0 aromatic carbocycles. The average Bonchev–Trinajstić information content (AvgIpc) is 3.17. The van der Waals surface area contributed by atoms with Crippen molar-refractivity contribution in [3.05, 3.63) is 36.3 Å². The van der Waals surface area contributed by atoms with Crippen LogP contribution >= 0.6 is 0 Å². The summed E-state index contributed by atoms with van der Waals surface area (Å²) in [6.45, 7) is 12.7. The molecule has 3 saturated carbocycles. The highest BCUT2D eigenvalue weighted by Crippen LogP contribution is 2.82. The first-order valence-corrected chi connectivity index (χ1v) is 13.6. The predicted octanol–water partition coefficient (Wildman–Crippen LogP) is 3.96. The van der Waals surface area contributed by atoms with E-state index in [1.165, 1.54) is 13.8 Å². The highest BCUT2D eigenvalue weighted by molar-refractivity contribution is 5.96. The second kappa shape index (κ2) is 7.60. The minimum absolute atomic E-state index is 0.0247. The number of fused-ring (bicyclic) bond motifs is 3. The van der Waals surface area contributed by atoms with Crippen LogP contribution in [0.5, 0.6) is 0 Å². The molecule has 1 aromatic heterocycles. The van der Waals surface area contributed by atoms with E-state index in [1.54, 1.807) is 18.6 Å². The first-order valence-electron chi connectivity index (χ1n) is 13.6. The summed E-state index contributed by atoms with van der Waals surface area (Å²) in [6, 6.07) is 1.94. The zero-order valence-corrected chi connectivity index (χ0v) is 23.1. The molecular formula is C30H38O8. The molecule has 1 aromatic rings. The number of esters is 2. The van der Waals surface area contributed by atoms with Crippen LogP contribution in [0.2, 0.25) is 0 Å². The van der Waals surface area contributed by atoms with Crippen molar-refractivity contribution in [2.24, 2.45) is 33.5 Å². The minimum Gasteiger partial charge on any atom is -0.472 e. The number of aliphatic hydroxyl groups is 1. The summed E-state index contributed by atoms with van der Waals surface area (Å²) < 4.78 is 24.3. The van der Waals surface area contributed by atoms with Crippen molar-refractivity contribution < 1.29 is 38.1 Å². The summed E-state index contributed by atoms with van der Waals surface area (Å²) in [5.74, 6) is -1.78. The summed E-state index contributed by atoms with van der Waals surface area (Å²) in [6.07, 6.45) is 5.44. The van der Waals surface area contributed by atoms with Gasteiger partial charge >= 0.3 is 11.9 Å². The molecule has 2 heterocycles. The van der Waals surface area contributed by atoms with Gasteiger partial charge in [-0.05, 0) is 41.9 Å². The highest BCUT2D eigenvalue weighted by Gasteiger charge is 2.90. The molecule has 4 fully saturated rings. The van der Waals surface area contributed by atoms with E-state index in [4.69, 9.17) is 18.6 Å². The van der Waals surface area contributed by atoms with Crippen LogP contribution in [0.3, 0.4) is 0 Å². The molecule has 11 atom stereocenters. The van der Waals surface area contributed by atoms with E-state index in [0.29, 0.717) is 12.8 Å². The van der Waals surface area contributed by atoms with E-state index in [-0.39, 0.29) is 23.7 Å². The van der Waals surface area contributed by atoms with E-state index >= 15 is 0 Å². The number of hydrogen-bond acceptors (Lipinski definition) is 8. The maximum atomic E-state index is 13.2. The molecule has 1 aliphatic heterocycles. The predicted molar refractivity (Wildman–Crippen MR) is 135 cm³/mol. The number of carbonyl (C=O) groups is 3. The van der Waals surface area contributed by atoms with E-state index in [1.807, 2.05) is 26.0 Å². The van der Waals surface area contributed by atoms with Gasteiger partial charge in [0.2, 0.25) is 0 Å². The molecule has 6 rings (SSSR count). The third-order valence-electron chi connectivity index (χ3n) is 11.6. The van der Waals surface area contributed by atoms with Crippen LogP contribution in [0.15, 0.2) is 35.2 Å². The van der Waals surface area contributed by atoms with Gasteiger partial charge in [0, 0.05) is 41.9 Å². The van der Waals surface area contributed by atoms with Gasteiger partial charge in [0.15, 0.2) is 5.78 Å². The molecule has 0 radical (unpaired) electrons. The Morgan fingerprint density at radius 2 is 1.71 bits per heavy atom. The standard InChI is InChI=1S/C30H38O8/c1-15(31)36-23-24-26(3,4)20(33)8-10-27(24,5)19-13-21(34)28(6)18(17-9-11-35-14-17)12-22-30(28,38-22)29(19,7)25(23)37-16(2)32/h8-11,14,18-19,21-25,34H,12-13H2,1-7H3/t18-,19+,21-,22+,23+,24-,25+,27+,28+,29-,30+/m0/s1. The lowest BCUT2D eigenvalue weighted by Gasteiger charge is -2.69. The van der Waals surface area contributed by atoms with Gasteiger partial charge in [0.25, 0.3) is 0 Å². The Labute approximate surface area is 223 Å². The van der Waals surface area contributed by atoms with Gasteiger partial charge in [-0.25, -0.2) is 0 Å². The van der Waals surface area contributed by atoms with E-state index < -0.39 is 63.4 Å². The Balaban J connectivity index is 1.61. The van der Waals surface area contributed by atoms with Crippen LogP contribution in [-0.2, 0) is 28.6 Å². The first-order chi connectivity index (χ1) is 17.7. The lowest BCUT2D eigenvalue weighted by molar-refractivity contribution is -0.288. The fourth-order valence-electron chi connectivity index (χ4n) is 10.2. The Kier molecular flexibility index (Phi) is 5.16. The molecule has 1 N–H and O–H groups in total. The molecule has 8 nitrogen and oxygen atoms in total. The molecular weight excluding hydrogens is 488 g/mol. The molecule has 0 amide bonds. The van der Waals surface area contributed by atoms with E-state index in [0.717, 1.165) is 5.56 Å². The van der Waals surface area contributed by atoms with Gasteiger partial charge in [-0.3, -0.25) is 14.4 Å². The number of hydrogen-bond donors (Lipinski definition) is 1. The van der Waals surface area contributed by atoms with Crippen molar-refractivity contribution in [3.63, 3.8) is 0 Å². The number of aliphatic hydroxyl groups excluding tert-OH is 1. The molecule has 0 bridgehead atoms. The fraction of sp³-hybridized carbons (Fsp3) is 0.700. The van der Waals surface area contributed by atoms with Crippen LogP contribution in [0.4, 0.5) is 0 Å². The summed E-state index contributed by atoms with van der Waals surface area (Å²) in [5.41, 5.74) is -2.92. The molecule has 38 heavy (non-hydrogen) atoms. The Morgan fingerprint density at radius 1 is 1.03 bits per heavy atom. The molecule has 5 aliphatic rings. The van der Waals surface area contributed by atoms with E-state index in [2.05, 4.69) is 20.8 Å². The van der Waals surface area contributed by atoms with Gasteiger partial charge in [-0.2, -0.15) is 0 Å². The number of carbonyl (C=O) groups excluding carboxylic acids is 3. The molecule has 4 aliphatic carbocycles. The summed E-state index contributed by atoms with van der Waals surface area (Å²) in [4.78, 5) is 38.5. The highest BCUT2D eigenvalue weighted by atomic mass is 16.6. The van der Waals surface area contributed by atoms with Crippen molar-refractivity contribution in [2.75, 3.05) is 0 Å². The smallest absolute Gasteiger partial charge is 0.303 e. The van der Waals surface area contributed by atoms with Crippen LogP contribution in [0.1, 0.15) is 72.8 Å². The average molecular weight is 527 g/mol. The van der Waals surface area contributed by atoms with Gasteiger partial charge in [-0.1, -0.05) is 40.7 Å². The topological polar surface area (TPSA) is 116 Å². The Hall–Kier alpha value is -2.45. The lowest BCUT2D eigenvalue weighted by Crippen LogP contribution is -2.77. The lowest BCUT2D eigenvalue weighted by atomic mass is 9.35. The number of furan rings is 1. The van der Waals surface area contributed by atoms with Crippen LogP contribution in [0.25, 0.3) is 0 Å². The summed E-state index contributed by atoms with van der Waals surface area (Å²) in [5, 5.41) is 12.0. The molecule has 8 heteroatoms. The molecule has 206 valence electrons. The Bertz CT molecular complexity index is 1230. The van der Waals surface area contributed by atoms with Gasteiger partial charge in [0.1, 0.15) is 17.8 Å². The summed E-state index contributed by atoms with van der Waals surface area (Å²) in [7, 11) is 0. The minimum atomic E-state index is -0.897. The van der Waals surface area contributed by atoms with Gasteiger partial charge in [0.05, 0.1) is 24.7 Å². The van der Waals surface area contributed by atoms with Crippen LogP contribution < -0.4 is 0 Å². The SMILES string of the molecule is CC(=O)O[C@H]1[C@@H](OC(C)=O)[C@]2(C)[C@H](C[C@H](O)[C@@]3(C)[C@H](c4ccoc4)C[C@H]4O[C@]432)[C@@]2(C)C=CC(=O)C(C)(C)[C@H]12. The zero-order valence-electron chi connectivity index (χ0n) is 23.1. The fourth-order valence-corrected chi connectivity index (χ4v) is 10.2. The summed E-state index contributed by atoms with van der Waals surface area (Å²) >= 11 is 0. The number of ketones is 1. The van der Waals surface area contributed by atoms with Gasteiger partial charge in [-0.15, -0.1) is 0 Å². The van der Waals surface area contributed by atoms with Crippen molar-refractivity contribution >= 4 is 17.7 Å². The van der Waals surface area contributed by atoms with E-state index in [9.17, 15) is 19.5 Å². The second-order valence-electron chi connectivity index (χ2n) is 13.4. The van der Waals surface area contributed by atoms with Crippen molar-refractivity contribution in [1.29, 1.82) is 0 Å². The van der Waals surface area contributed by atoms with Crippen molar-refractivity contribution in [3.8, 4) is 0 Å². The second-order valence-corrected chi connectivity index (χ2v) is 13.4. The number of ether oxygens (including phenoxy) is 3. The third-order valence-corrected chi connectivity index (χ3v) is 11.6. The van der Waals surface area contributed by atoms with Crippen molar-refractivity contribution in [2.45, 2.75) is 97.2 Å². The zero-order chi connectivity index (χ0) is 27.6. The first kappa shape index (κ1) is 25.8. The van der Waals surface area contributed by atoms with Crippen molar-refractivity contribution in [1.82, 2.24) is 0 Å². The monoisotopic (exact) mass is 526 g/mol. The van der Waals surface area contributed by atoms with Crippen LogP contribution in [0, 0.1) is 33.5 Å². The largest absolute Gasteiger partial charge is 0.472 e. The number of allylic oxidation sites excluding steroid dienone is 2. The maximum Gasteiger partial charge on any atom is 0.303 e. The quantitative estimate of drug-likeness (QED) is 0.465.